The SMILES string of the molecule is N=c1n(Cc2ccccc2)c2ccccc2n1CC(O)c1ccc(Cl)c(Cl)c1. The highest BCUT2D eigenvalue weighted by atomic mass is 35.5. The number of aliphatic hydroxyl groups is 1. The van der Waals surface area contributed by atoms with Gasteiger partial charge in [0.2, 0.25) is 5.62 Å². The zero-order valence-corrected chi connectivity index (χ0v) is 16.5. The molecule has 0 radical (unpaired) electrons. The zero-order valence-electron chi connectivity index (χ0n) is 15.0. The monoisotopic (exact) mass is 411 g/mol. The summed E-state index contributed by atoms with van der Waals surface area (Å²) < 4.78 is 3.78. The van der Waals surface area contributed by atoms with E-state index in [1.165, 1.54) is 0 Å². The number of nitrogens with one attached hydrogen (secondary N) is 1. The van der Waals surface area contributed by atoms with Crippen molar-refractivity contribution in [1.29, 1.82) is 5.41 Å². The van der Waals surface area contributed by atoms with Crippen LogP contribution in [0.3, 0.4) is 0 Å². The molecular weight excluding hydrogens is 393 g/mol. The number of halogens is 2. The highest BCUT2D eigenvalue weighted by Gasteiger charge is 2.16. The first-order chi connectivity index (χ1) is 13.5. The van der Waals surface area contributed by atoms with E-state index in [0.717, 1.165) is 16.6 Å². The smallest absolute Gasteiger partial charge is 0.203 e. The minimum Gasteiger partial charge on any atom is -0.387 e. The first kappa shape index (κ1) is 18.8. The molecule has 0 amide bonds. The largest absolute Gasteiger partial charge is 0.387 e. The van der Waals surface area contributed by atoms with Crippen LogP contribution in [-0.2, 0) is 13.1 Å². The van der Waals surface area contributed by atoms with Crippen molar-refractivity contribution in [1.82, 2.24) is 9.13 Å². The number of rotatable bonds is 5. The Morgan fingerprint density at radius 2 is 1.46 bits per heavy atom. The van der Waals surface area contributed by atoms with Gasteiger partial charge in [0.1, 0.15) is 0 Å². The number of hydrogen-bond acceptors (Lipinski definition) is 2. The van der Waals surface area contributed by atoms with Gasteiger partial charge < -0.3 is 14.2 Å². The van der Waals surface area contributed by atoms with Crippen molar-refractivity contribution in [3.63, 3.8) is 0 Å². The van der Waals surface area contributed by atoms with Gasteiger partial charge in [-0.2, -0.15) is 0 Å². The number of benzene rings is 3. The van der Waals surface area contributed by atoms with Crippen molar-refractivity contribution in [3.8, 4) is 0 Å². The van der Waals surface area contributed by atoms with Gasteiger partial charge in [-0.25, -0.2) is 0 Å². The maximum absolute atomic E-state index is 10.8. The van der Waals surface area contributed by atoms with Gasteiger partial charge in [-0.3, -0.25) is 5.41 Å². The Balaban J connectivity index is 1.74. The van der Waals surface area contributed by atoms with E-state index < -0.39 is 6.10 Å². The molecule has 0 saturated carbocycles. The van der Waals surface area contributed by atoms with Crippen LogP contribution in [0, 0.1) is 5.41 Å². The molecule has 0 fully saturated rings. The Morgan fingerprint density at radius 3 is 2.14 bits per heavy atom. The third kappa shape index (κ3) is 3.59. The van der Waals surface area contributed by atoms with Crippen LogP contribution in [0.15, 0.2) is 72.8 Å². The van der Waals surface area contributed by atoms with E-state index in [-0.39, 0.29) is 6.54 Å². The van der Waals surface area contributed by atoms with Crippen LogP contribution in [0.2, 0.25) is 10.0 Å². The van der Waals surface area contributed by atoms with Crippen LogP contribution in [0.5, 0.6) is 0 Å². The Bertz CT molecular complexity index is 1180. The normalized spacial score (nSPS) is 12.4. The van der Waals surface area contributed by atoms with E-state index in [9.17, 15) is 5.11 Å². The molecule has 0 spiro atoms. The number of fused-ring (bicyclic) bond motifs is 1. The van der Waals surface area contributed by atoms with Crippen LogP contribution in [0.25, 0.3) is 11.0 Å². The lowest BCUT2D eigenvalue weighted by Crippen LogP contribution is -2.27. The molecule has 3 aromatic carbocycles. The summed E-state index contributed by atoms with van der Waals surface area (Å²) in [7, 11) is 0. The third-order valence-corrected chi connectivity index (χ3v) is 5.58. The lowest BCUT2D eigenvalue weighted by atomic mass is 10.1. The van der Waals surface area contributed by atoms with E-state index in [4.69, 9.17) is 28.6 Å². The van der Waals surface area contributed by atoms with E-state index >= 15 is 0 Å². The number of imidazole rings is 1. The van der Waals surface area contributed by atoms with E-state index in [2.05, 4.69) is 0 Å². The quantitative estimate of drug-likeness (QED) is 0.476. The van der Waals surface area contributed by atoms with Crippen LogP contribution in [-0.4, -0.2) is 14.2 Å². The fourth-order valence-electron chi connectivity index (χ4n) is 3.40. The van der Waals surface area contributed by atoms with Gasteiger partial charge in [0.25, 0.3) is 0 Å². The van der Waals surface area contributed by atoms with Crippen molar-refractivity contribution in [3.05, 3.63) is 99.6 Å². The van der Waals surface area contributed by atoms with Gasteiger partial charge in [-0.15, -0.1) is 0 Å². The molecule has 28 heavy (non-hydrogen) atoms. The van der Waals surface area contributed by atoms with Gasteiger partial charge in [-0.1, -0.05) is 71.7 Å². The Kier molecular flexibility index (Phi) is 5.27. The molecule has 0 aliphatic rings. The van der Waals surface area contributed by atoms with Gasteiger partial charge in [0, 0.05) is 0 Å². The molecule has 1 aromatic heterocycles. The molecule has 0 aliphatic carbocycles. The minimum absolute atomic E-state index is 0.249. The number of aromatic nitrogens is 2. The molecule has 4 aromatic rings. The van der Waals surface area contributed by atoms with Crippen molar-refractivity contribution in [2.24, 2.45) is 0 Å². The molecule has 1 unspecified atom stereocenters. The summed E-state index contributed by atoms with van der Waals surface area (Å²) in [6, 6.07) is 23.0. The second kappa shape index (κ2) is 7.84. The average molecular weight is 412 g/mol. The second-order valence-electron chi connectivity index (χ2n) is 6.68. The predicted molar refractivity (Wildman–Crippen MR) is 113 cm³/mol. The van der Waals surface area contributed by atoms with Gasteiger partial charge in [0.15, 0.2) is 0 Å². The first-order valence-electron chi connectivity index (χ1n) is 8.94. The van der Waals surface area contributed by atoms with Crippen LogP contribution in [0.4, 0.5) is 0 Å². The van der Waals surface area contributed by atoms with E-state index in [1.54, 1.807) is 18.2 Å². The molecule has 0 aliphatic heterocycles. The summed E-state index contributed by atoms with van der Waals surface area (Å²) in [6.45, 7) is 0.842. The summed E-state index contributed by atoms with van der Waals surface area (Å²) in [6.07, 6.45) is -0.806. The summed E-state index contributed by atoms with van der Waals surface area (Å²) in [5.74, 6) is 0. The molecule has 0 bridgehead atoms. The zero-order chi connectivity index (χ0) is 19.7. The second-order valence-corrected chi connectivity index (χ2v) is 7.50. The maximum atomic E-state index is 10.8. The number of aliphatic hydroxyl groups excluding tert-OH is 1. The Morgan fingerprint density at radius 1 is 0.821 bits per heavy atom. The molecule has 2 N–H and O–H groups in total. The minimum atomic E-state index is -0.806. The van der Waals surface area contributed by atoms with Crippen molar-refractivity contribution in [2.75, 3.05) is 0 Å². The standard InChI is InChI=1S/C22H19Cl2N3O/c23-17-11-10-16(12-18(17)24)21(28)14-27-20-9-5-4-8-19(20)26(22(27)25)13-15-6-2-1-3-7-15/h1-12,21,25,28H,13-14H2. The van der Waals surface area contributed by atoms with E-state index in [0.29, 0.717) is 27.8 Å². The number of nitrogens with zero attached hydrogens (tertiary/aromatic N) is 2. The van der Waals surface area contributed by atoms with Crippen molar-refractivity contribution >= 4 is 34.2 Å². The highest BCUT2D eigenvalue weighted by Crippen LogP contribution is 2.27. The fraction of sp³-hybridized carbons (Fsp3) is 0.136. The third-order valence-electron chi connectivity index (χ3n) is 4.84. The molecule has 0 saturated heterocycles. The predicted octanol–water partition coefficient (Wildman–Crippen LogP) is 5.01. The number of para-hydroxylation sites is 2. The number of hydrogen-bond donors (Lipinski definition) is 2. The molecule has 142 valence electrons. The van der Waals surface area contributed by atoms with Crippen LogP contribution in [0.1, 0.15) is 17.2 Å². The Hall–Kier alpha value is -2.53. The summed E-state index contributed by atoms with van der Waals surface area (Å²) in [4.78, 5) is 0. The molecule has 1 atom stereocenters. The summed E-state index contributed by atoms with van der Waals surface area (Å²) >= 11 is 12.1. The Labute approximate surface area is 172 Å². The van der Waals surface area contributed by atoms with Crippen LogP contribution >= 0.6 is 23.2 Å². The average Bonchev–Trinajstić information content (AvgIpc) is 2.97. The molecular formula is C22H19Cl2N3O. The van der Waals surface area contributed by atoms with E-state index in [1.807, 2.05) is 63.7 Å². The summed E-state index contributed by atoms with van der Waals surface area (Å²) in [5, 5.41) is 20.3. The van der Waals surface area contributed by atoms with Crippen molar-refractivity contribution in [2.45, 2.75) is 19.2 Å². The fourth-order valence-corrected chi connectivity index (χ4v) is 3.71. The van der Waals surface area contributed by atoms with Crippen LogP contribution < -0.4 is 5.62 Å². The summed E-state index contributed by atoms with van der Waals surface area (Å²) in [5.41, 5.74) is 3.99. The lowest BCUT2D eigenvalue weighted by Gasteiger charge is -2.13. The molecule has 4 nitrogen and oxygen atoms in total. The molecule has 6 heteroatoms. The van der Waals surface area contributed by atoms with Gasteiger partial charge >= 0.3 is 0 Å². The topological polar surface area (TPSA) is 53.9 Å². The molecule has 1 heterocycles. The van der Waals surface area contributed by atoms with Gasteiger partial charge in [0.05, 0.1) is 40.3 Å². The maximum Gasteiger partial charge on any atom is 0.203 e. The van der Waals surface area contributed by atoms with Gasteiger partial charge in [-0.05, 0) is 35.4 Å². The molecule has 4 rings (SSSR count). The first-order valence-corrected chi connectivity index (χ1v) is 9.70. The highest BCUT2D eigenvalue weighted by molar-refractivity contribution is 6.42. The lowest BCUT2D eigenvalue weighted by molar-refractivity contribution is 0.156. The van der Waals surface area contributed by atoms with Crippen molar-refractivity contribution < 1.29 is 5.11 Å².